The summed E-state index contributed by atoms with van der Waals surface area (Å²) in [7, 11) is 0. The molecule has 0 bridgehead atoms. The minimum atomic E-state index is 0.372. The fraction of sp³-hybridized carbons (Fsp3) is 0.188. The van der Waals surface area contributed by atoms with Crippen molar-refractivity contribution in [2.45, 2.75) is 19.4 Å². The molecule has 0 fully saturated rings. The number of carbonyl (C=O) groups is 1. The van der Waals surface area contributed by atoms with Crippen molar-refractivity contribution in [1.29, 1.82) is 0 Å². The van der Waals surface area contributed by atoms with Gasteiger partial charge in [-0.25, -0.2) is 0 Å². The zero-order chi connectivity index (χ0) is 13.4. The Morgan fingerprint density at radius 1 is 1.21 bits per heavy atom. The van der Waals surface area contributed by atoms with Gasteiger partial charge in [0.05, 0.1) is 10.7 Å². The molecule has 1 aliphatic rings. The fourth-order valence-corrected chi connectivity index (χ4v) is 3.00. The second-order valence-corrected chi connectivity index (χ2v) is 5.29. The van der Waals surface area contributed by atoms with E-state index in [1.807, 2.05) is 18.2 Å². The highest BCUT2D eigenvalue weighted by Gasteiger charge is 2.27. The molecule has 1 atom stereocenters. The lowest BCUT2D eigenvalue weighted by Gasteiger charge is -2.26. The van der Waals surface area contributed by atoms with Gasteiger partial charge in [-0.2, -0.15) is 0 Å². The monoisotopic (exact) mass is 271 g/mol. The van der Waals surface area contributed by atoms with Crippen LogP contribution in [-0.4, -0.2) is 12.3 Å². The SMILES string of the molecule is CC1Cc2ccccc2N1c1ccc(C=O)cc1Cl. The number of nitrogens with zero attached hydrogens (tertiary/aromatic N) is 1. The molecule has 2 aromatic carbocycles. The van der Waals surface area contributed by atoms with Crippen LogP contribution >= 0.6 is 11.6 Å². The molecule has 19 heavy (non-hydrogen) atoms. The van der Waals surface area contributed by atoms with Gasteiger partial charge in [-0.1, -0.05) is 29.8 Å². The number of benzene rings is 2. The van der Waals surface area contributed by atoms with Crippen molar-refractivity contribution >= 4 is 29.3 Å². The Hall–Kier alpha value is -1.80. The maximum absolute atomic E-state index is 10.8. The lowest BCUT2D eigenvalue weighted by molar-refractivity contribution is 0.112. The molecule has 2 aromatic rings. The zero-order valence-electron chi connectivity index (χ0n) is 10.6. The molecule has 1 heterocycles. The van der Waals surface area contributed by atoms with E-state index in [4.69, 9.17) is 11.6 Å². The lowest BCUT2D eigenvalue weighted by atomic mass is 10.1. The van der Waals surface area contributed by atoms with Gasteiger partial charge in [0.15, 0.2) is 0 Å². The number of para-hydroxylation sites is 1. The quantitative estimate of drug-likeness (QED) is 0.762. The fourth-order valence-electron chi connectivity index (χ4n) is 2.72. The second kappa shape index (κ2) is 4.71. The number of hydrogen-bond acceptors (Lipinski definition) is 2. The number of fused-ring (bicyclic) bond motifs is 1. The van der Waals surface area contributed by atoms with E-state index in [9.17, 15) is 4.79 Å². The third-order valence-corrected chi connectivity index (χ3v) is 3.88. The predicted octanol–water partition coefficient (Wildman–Crippen LogP) is 4.24. The van der Waals surface area contributed by atoms with Gasteiger partial charge in [0.2, 0.25) is 0 Å². The standard InChI is InChI=1S/C16H14ClNO/c1-11-8-13-4-2-3-5-15(13)18(11)16-7-6-12(10-19)9-14(16)17/h2-7,9-11H,8H2,1H3. The second-order valence-electron chi connectivity index (χ2n) is 4.88. The molecule has 0 aliphatic carbocycles. The third-order valence-electron chi connectivity index (χ3n) is 3.57. The van der Waals surface area contributed by atoms with E-state index in [2.05, 4.69) is 30.0 Å². The van der Waals surface area contributed by atoms with Gasteiger partial charge >= 0.3 is 0 Å². The molecule has 0 spiro atoms. The number of rotatable bonds is 2. The molecule has 3 heteroatoms. The molecule has 2 nitrogen and oxygen atoms in total. The molecular formula is C16H14ClNO. The summed E-state index contributed by atoms with van der Waals surface area (Å²) in [5, 5.41) is 0.619. The molecule has 3 rings (SSSR count). The number of anilines is 2. The highest BCUT2D eigenvalue weighted by Crippen LogP contribution is 2.41. The number of aldehydes is 1. The topological polar surface area (TPSA) is 20.3 Å². The van der Waals surface area contributed by atoms with Crippen molar-refractivity contribution < 1.29 is 4.79 Å². The van der Waals surface area contributed by atoms with Crippen molar-refractivity contribution in [3.05, 3.63) is 58.6 Å². The van der Waals surface area contributed by atoms with Gasteiger partial charge in [0.25, 0.3) is 0 Å². The van der Waals surface area contributed by atoms with Crippen LogP contribution in [0.25, 0.3) is 0 Å². The van der Waals surface area contributed by atoms with Gasteiger partial charge in [-0.15, -0.1) is 0 Å². The smallest absolute Gasteiger partial charge is 0.150 e. The molecule has 1 aliphatic heterocycles. The Balaban J connectivity index is 2.09. The maximum Gasteiger partial charge on any atom is 0.150 e. The molecule has 0 saturated heterocycles. The Kier molecular flexibility index (Phi) is 3.03. The minimum absolute atomic E-state index is 0.372. The summed E-state index contributed by atoms with van der Waals surface area (Å²) in [5.41, 5.74) is 4.11. The van der Waals surface area contributed by atoms with Gasteiger partial charge in [0.1, 0.15) is 6.29 Å². The van der Waals surface area contributed by atoms with E-state index in [0.29, 0.717) is 16.6 Å². The molecule has 0 amide bonds. The van der Waals surface area contributed by atoms with Crippen LogP contribution in [-0.2, 0) is 6.42 Å². The molecular weight excluding hydrogens is 258 g/mol. The van der Waals surface area contributed by atoms with Crippen LogP contribution in [0, 0.1) is 0 Å². The normalized spacial score (nSPS) is 17.4. The van der Waals surface area contributed by atoms with E-state index in [0.717, 1.165) is 18.4 Å². The van der Waals surface area contributed by atoms with Crippen LogP contribution < -0.4 is 4.90 Å². The molecule has 0 N–H and O–H groups in total. The van der Waals surface area contributed by atoms with Crippen LogP contribution in [0.1, 0.15) is 22.8 Å². The van der Waals surface area contributed by atoms with E-state index in [1.54, 1.807) is 6.07 Å². The number of hydrogen-bond donors (Lipinski definition) is 0. The summed E-state index contributed by atoms with van der Waals surface area (Å²) in [6, 6.07) is 14.2. The van der Waals surface area contributed by atoms with E-state index >= 15 is 0 Å². The first kappa shape index (κ1) is 12.2. The maximum atomic E-state index is 10.8. The molecule has 0 aromatic heterocycles. The zero-order valence-corrected chi connectivity index (χ0v) is 11.4. The van der Waals surface area contributed by atoms with Gasteiger partial charge in [0, 0.05) is 17.3 Å². The third kappa shape index (κ3) is 2.02. The summed E-state index contributed by atoms with van der Waals surface area (Å²) in [6.07, 6.45) is 1.83. The minimum Gasteiger partial charge on any atom is -0.337 e. The highest BCUT2D eigenvalue weighted by molar-refractivity contribution is 6.33. The summed E-state index contributed by atoms with van der Waals surface area (Å²) in [5.74, 6) is 0. The molecule has 0 radical (unpaired) electrons. The first-order chi connectivity index (χ1) is 9.20. The highest BCUT2D eigenvalue weighted by atomic mass is 35.5. The Morgan fingerprint density at radius 2 is 2.00 bits per heavy atom. The molecule has 1 unspecified atom stereocenters. The van der Waals surface area contributed by atoms with Crippen LogP contribution in [0.15, 0.2) is 42.5 Å². The van der Waals surface area contributed by atoms with E-state index in [1.165, 1.54) is 11.3 Å². The predicted molar refractivity (Wildman–Crippen MR) is 78.6 cm³/mol. The van der Waals surface area contributed by atoms with Crippen molar-refractivity contribution in [2.24, 2.45) is 0 Å². The summed E-state index contributed by atoms with van der Waals surface area (Å²) in [6.45, 7) is 2.18. The summed E-state index contributed by atoms with van der Waals surface area (Å²) < 4.78 is 0. The molecule has 0 saturated carbocycles. The average molecular weight is 272 g/mol. The van der Waals surface area contributed by atoms with Crippen molar-refractivity contribution in [3.8, 4) is 0 Å². The van der Waals surface area contributed by atoms with Crippen LogP contribution in [0.4, 0.5) is 11.4 Å². The van der Waals surface area contributed by atoms with Crippen molar-refractivity contribution in [3.63, 3.8) is 0 Å². The number of carbonyl (C=O) groups excluding carboxylic acids is 1. The van der Waals surface area contributed by atoms with Gasteiger partial charge in [-0.05, 0) is 43.2 Å². The Labute approximate surface area is 117 Å². The molecule has 96 valence electrons. The van der Waals surface area contributed by atoms with E-state index in [-0.39, 0.29) is 0 Å². The van der Waals surface area contributed by atoms with Gasteiger partial charge in [-0.3, -0.25) is 4.79 Å². The Bertz CT molecular complexity index is 638. The average Bonchev–Trinajstić information content (AvgIpc) is 2.75. The largest absolute Gasteiger partial charge is 0.337 e. The van der Waals surface area contributed by atoms with Crippen LogP contribution in [0.2, 0.25) is 5.02 Å². The van der Waals surface area contributed by atoms with Crippen molar-refractivity contribution in [2.75, 3.05) is 4.90 Å². The first-order valence-electron chi connectivity index (χ1n) is 6.32. The number of halogens is 1. The van der Waals surface area contributed by atoms with Crippen LogP contribution in [0.5, 0.6) is 0 Å². The van der Waals surface area contributed by atoms with Gasteiger partial charge < -0.3 is 4.90 Å². The summed E-state index contributed by atoms with van der Waals surface area (Å²) in [4.78, 5) is 13.0. The lowest BCUT2D eigenvalue weighted by Crippen LogP contribution is -2.24. The first-order valence-corrected chi connectivity index (χ1v) is 6.70. The Morgan fingerprint density at radius 3 is 2.74 bits per heavy atom. The van der Waals surface area contributed by atoms with E-state index < -0.39 is 0 Å². The summed E-state index contributed by atoms with van der Waals surface area (Å²) >= 11 is 6.32. The van der Waals surface area contributed by atoms with Crippen LogP contribution in [0.3, 0.4) is 0 Å². The van der Waals surface area contributed by atoms with Crippen molar-refractivity contribution in [1.82, 2.24) is 0 Å².